The summed E-state index contributed by atoms with van der Waals surface area (Å²) in [6.07, 6.45) is 7.99. The summed E-state index contributed by atoms with van der Waals surface area (Å²) in [5, 5.41) is 3.06. The van der Waals surface area contributed by atoms with Gasteiger partial charge in [-0.15, -0.1) is 0 Å². The summed E-state index contributed by atoms with van der Waals surface area (Å²) in [7, 11) is 0. The number of imidazole rings is 1. The molecule has 0 spiro atoms. The van der Waals surface area contributed by atoms with Gasteiger partial charge >= 0.3 is 0 Å². The topological polar surface area (TPSA) is 60.7 Å². The van der Waals surface area contributed by atoms with E-state index < -0.39 is 5.82 Å². The van der Waals surface area contributed by atoms with Crippen LogP contribution in [-0.4, -0.2) is 21.9 Å². The first-order valence-electron chi connectivity index (χ1n) is 7.86. The van der Waals surface area contributed by atoms with Crippen LogP contribution in [0.2, 0.25) is 0 Å². The van der Waals surface area contributed by atoms with Crippen LogP contribution in [0.3, 0.4) is 0 Å². The number of benzene rings is 1. The van der Waals surface area contributed by atoms with Gasteiger partial charge in [-0.1, -0.05) is 32.1 Å². The Hall–Kier alpha value is -1.69. The minimum atomic E-state index is -0.444. The minimum Gasteiger partial charge on any atom is -0.349 e. The van der Waals surface area contributed by atoms with E-state index in [0.717, 1.165) is 25.7 Å². The Morgan fingerprint density at radius 3 is 2.55 bits per heavy atom. The molecule has 118 valence electrons. The van der Waals surface area contributed by atoms with Crippen LogP contribution in [0.1, 0.15) is 55.3 Å². The van der Waals surface area contributed by atoms with E-state index in [2.05, 4.69) is 15.3 Å². The van der Waals surface area contributed by atoms with Gasteiger partial charge in [0.15, 0.2) is 4.77 Å². The molecule has 0 aliphatic heterocycles. The molecule has 22 heavy (non-hydrogen) atoms. The zero-order chi connectivity index (χ0) is 15.5. The Labute approximate surface area is 133 Å². The molecule has 0 atom stereocenters. The lowest BCUT2D eigenvalue weighted by molar-refractivity contribution is 0.0931. The van der Waals surface area contributed by atoms with Crippen LogP contribution in [0.5, 0.6) is 0 Å². The predicted octanol–water partition coefficient (Wildman–Crippen LogP) is 4.21. The molecular formula is C16H20FN3OS. The second kappa shape index (κ2) is 6.60. The number of nitrogens with one attached hydrogen (secondary N) is 3. The molecule has 2 aromatic rings. The average molecular weight is 321 g/mol. The highest BCUT2D eigenvalue weighted by molar-refractivity contribution is 7.71. The lowest BCUT2D eigenvalue weighted by Crippen LogP contribution is -2.35. The second-order valence-corrected chi connectivity index (χ2v) is 6.38. The number of aromatic nitrogens is 2. The van der Waals surface area contributed by atoms with Gasteiger partial charge in [-0.05, 0) is 37.2 Å². The van der Waals surface area contributed by atoms with Gasteiger partial charge in [0.1, 0.15) is 5.82 Å². The van der Waals surface area contributed by atoms with Crippen molar-refractivity contribution >= 4 is 29.2 Å². The normalized spacial score (nSPS) is 17.1. The Morgan fingerprint density at radius 2 is 1.82 bits per heavy atom. The van der Waals surface area contributed by atoms with Crippen molar-refractivity contribution in [3.8, 4) is 0 Å². The van der Waals surface area contributed by atoms with Gasteiger partial charge in [0, 0.05) is 6.04 Å². The standard InChI is InChI=1S/C16H20FN3OS/c17-10-8-12(14-13(9-10)19-16(22)20-14)15(21)18-11-6-4-2-1-3-5-7-11/h8-9,11H,1-7H2,(H,18,21)(H2,19,20,22). The number of hydrogen-bond acceptors (Lipinski definition) is 2. The maximum Gasteiger partial charge on any atom is 0.253 e. The van der Waals surface area contributed by atoms with Crippen LogP contribution in [0.15, 0.2) is 12.1 Å². The number of halogens is 1. The summed E-state index contributed by atoms with van der Waals surface area (Å²) in [5.41, 5.74) is 1.40. The van der Waals surface area contributed by atoms with E-state index in [1.54, 1.807) is 0 Å². The van der Waals surface area contributed by atoms with E-state index in [0.29, 0.717) is 21.4 Å². The van der Waals surface area contributed by atoms with Gasteiger partial charge in [-0.2, -0.15) is 0 Å². The molecule has 1 aromatic carbocycles. The fraction of sp³-hybridized carbons (Fsp3) is 0.500. The Kier molecular flexibility index (Phi) is 4.57. The molecule has 0 saturated heterocycles. The van der Waals surface area contributed by atoms with Crippen molar-refractivity contribution < 1.29 is 9.18 Å². The molecule has 1 aromatic heterocycles. The van der Waals surface area contributed by atoms with Gasteiger partial charge < -0.3 is 15.3 Å². The fourth-order valence-corrected chi connectivity index (χ4v) is 3.36. The van der Waals surface area contributed by atoms with Crippen molar-refractivity contribution in [1.29, 1.82) is 0 Å². The van der Waals surface area contributed by atoms with E-state index in [4.69, 9.17) is 12.2 Å². The van der Waals surface area contributed by atoms with Gasteiger partial charge in [0.25, 0.3) is 5.91 Å². The molecule has 1 aliphatic carbocycles. The number of H-pyrrole nitrogens is 2. The van der Waals surface area contributed by atoms with Crippen molar-refractivity contribution in [2.45, 2.75) is 51.0 Å². The molecule has 3 rings (SSSR count). The maximum absolute atomic E-state index is 13.7. The van der Waals surface area contributed by atoms with Gasteiger partial charge in [-0.25, -0.2) is 4.39 Å². The smallest absolute Gasteiger partial charge is 0.253 e. The van der Waals surface area contributed by atoms with Crippen LogP contribution in [0.25, 0.3) is 11.0 Å². The number of rotatable bonds is 2. The van der Waals surface area contributed by atoms with Crippen LogP contribution >= 0.6 is 12.2 Å². The maximum atomic E-state index is 13.7. The zero-order valence-electron chi connectivity index (χ0n) is 12.4. The van der Waals surface area contributed by atoms with Crippen LogP contribution < -0.4 is 5.32 Å². The van der Waals surface area contributed by atoms with Crippen LogP contribution in [0, 0.1) is 10.6 Å². The molecule has 3 N–H and O–H groups in total. The monoisotopic (exact) mass is 321 g/mol. The molecule has 4 nitrogen and oxygen atoms in total. The molecule has 1 saturated carbocycles. The molecule has 1 amide bonds. The molecule has 6 heteroatoms. The first-order chi connectivity index (χ1) is 10.6. The van der Waals surface area contributed by atoms with E-state index >= 15 is 0 Å². The third kappa shape index (κ3) is 3.38. The number of amides is 1. The molecule has 1 fully saturated rings. The predicted molar refractivity (Wildman–Crippen MR) is 87.0 cm³/mol. The first-order valence-corrected chi connectivity index (χ1v) is 8.27. The fourth-order valence-electron chi connectivity index (χ4n) is 3.15. The van der Waals surface area contributed by atoms with Crippen molar-refractivity contribution in [2.75, 3.05) is 0 Å². The highest BCUT2D eigenvalue weighted by atomic mass is 32.1. The Balaban J connectivity index is 1.83. The van der Waals surface area contributed by atoms with Crippen LogP contribution in [-0.2, 0) is 0 Å². The van der Waals surface area contributed by atoms with E-state index in [-0.39, 0.29) is 11.9 Å². The summed E-state index contributed by atoms with van der Waals surface area (Å²) >= 11 is 5.03. The lowest BCUT2D eigenvalue weighted by atomic mass is 9.96. The third-order valence-electron chi connectivity index (χ3n) is 4.27. The summed E-state index contributed by atoms with van der Waals surface area (Å²) in [4.78, 5) is 18.3. The molecule has 0 radical (unpaired) electrons. The largest absolute Gasteiger partial charge is 0.349 e. The highest BCUT2D eigenvalue weighted by Gasteiger charge is 2.18. The minimum absolute atomic E-state index is 0.174. The van der Waals surface area contributed by atoms with Crippen molar-refractivity contribution in [1.82, 2.24) is 15.3 Å². The molecule has 1 aliphatic rings. The SMILES string of the molecule is O=C(NC1CCCCCCC1)c1cc(F)cc2[nH]c(=S)[nH]c12. The quantitative estimate of drug-likeness (QED) is 0.726. The van der Waals surface area contributed by atoms with Gasteiger partial charge in [-0.3, -0.25) is 4.79 Å². The van der Waals surface area contributed by atoms with E-state index in [1.165, 1.54) is 31.4 Å². The zero-order valence-corrected chi connectivity index (χ0v) is 13.2. The summed E-state index contributed by atoms with van der Waals surface area (Å²) in [6.45, 7) is 0. The van der Waals surface area contributed by atoms with Crippen molar-refractivity contribution in [3.05, 3.63) is 28.3 Å². The van der Waals surface area contributed by atoms with Gasteiger partial charge in [0.05, 0.1) is 16.6 Å². The van der Waals surface area contributed by atoms with Crippen LogP contribution in [0.4, 0.5) is 4.39 Å². The molecule has 0 bridgehead atoms. The number of fused-ring (bicyclic) bond motifs is 1. The lowest BCUT2D eigenvalue weighted by Gasteiger charge is -2.21. The number of hydrogen-bond donors (Lipinski definition) is 3. The Bertz CT molecular complexity index is 729. The number of carbonyl (C=O) groups excluding carboxylic acids is 1. The second-order valence-electron chi connectivity index (χ2n) is 5.97. The van der Waals surface area contributed by atoms with Crippen molar-refractivity contribution in [3.63, 3.8) is 0 Å². The van der Waals surface area contributed by atoms with E-state index in [1.807, 2.05) is 0 Å². The van der Waals surface area contributed by atoms with Crippen molar-refractivity contribution in [2.24, 2.45) is 0 Å². The third-order valence-corrected chi connectivity index (χ3v) is 4.48. The van der Waals surface area contributed by atoms with Gasteiger partial charge in [0.2, 0.25) is 0 Å². The molecule has 0 unspecified atom stereocenters. The molecular weight excluding hydrogens is 301 g/mol. The summed E-state index contributed by atoms with van der Waals surface area (Å²) in [5.74, 6) is -0.680. The van der Waals surface area contributed by atoms with E-state index in [9.17, 15) is 9.18 Å². The Morgan fingerprint density at radius 1 is 1.14 bits per heavy atom. The first kappa shape index (κ1) is 15.2. The highest BCUT2D eigenvalue weighted by Crippen LogP contribution is 2.20. The summed E-state index contributed by atoms with van der Waals surface area (Å²) in [6, 6.07) is 2.78. The average Bonchev–Trinajstić information content (AvgIpc) is 2.80. The molecule has 1 heterocycles. The number of carbonyl (C=O) groups is 1. The summed E-state index contributed by atoms with van der Waals surface area (Å²) < 4.78 is 14.1. The number of aromatic amines is 2.